The van der Waals surface area contributed by atoms with Gasteiger partial charge in [0.15, 0.2) is 10.3 Å². The van der Waals surface area contributed by atoms with E-state index in [0.717, 1.165) is 26.2 Å². The molecule has 0 fully saturated rings. The molecule has 0 aliphatic rings. The van der Waals surface area contributed by atoms with Gasteiger partial charge in [-0.3, -0.25) is 0 Å². The number of nitrogens with zero attached hydrogens (tertiary/aromatic N) is 3. The monoisotopic (exact) mass is 258 g/mol. The summed E-state index contributed by atoms with van der Waals surface area (Å²) >= 11 is 7.06. The zero-order chi connectivity index (χ0) is 12.0. The highest BCUT2D eigenvalue weighted by Gasteiger charge is 2.08. The van der Waals surface area contributed by atoms with E-state index < -0.39 is 0 Å². The van der Waals surface area contributed by atoms with E-state index in [4.69, 9.17) is 16.9 Å². The van der Waals surface area contributed by atoms with Gasteiger partial charge in [0.05, 0.1) is 0 Å². The molecule has 0 aromatic carbocycles. The zero-order valence-electron chi connectivity index (χ0n) is 9.46. The molecule has 0 unspecified atom stereocenters. The Hall–Kier alpha value is -0.830. The van der Waals surface area contributed by atoms with Gasteiger partial charge in [0.2, 0.25) is 0 Å². The van der Waals surface area contributed by atoms with Crippen molar-refractivity contribution in [3.63, 3.8) is 0 Å². The first-order valence-electron chi connectivity index (χ1n) is 5.23. The largest absolute Gasteiger partial charge is 0.360 e. The van der Waals surface area contributed by atoms with Crippen molar-refractivity contribution in [2.75, 3.05) is 31.5 Å². The minimum atomic E-state index is 0.290. The van der Waals surface area contributed by atoms with Crippen LogP contribution in [0.15, 0.2) is 0 Å². The molecule has 0 atom stereocenters. The maximum Gasteiger partial charge on any atom is 0.185 e. The minimum absolute atomic E-state index is 0.290. The van der Waals surface area contributed by atoms with Crippen LogP contribution < -0.4 is 5.32 Å². The topological polar surface area (TPSA) is 52.0 Å². The molecule has 1 aromatic rings. The predicted molar refractivity (Wildman–Crippen MR) is 68.1 cm³/mol. The van der Waals surface area contributed by atoms with Crippen molar-refractivity contribution in [1.82, 2.24) is 9.88 Å². The summed E-state index contributed by atoms with van der Waals surface area (Å²) in [6.07, 6.45) is 0. The van der Waals surface area contributed by atoms with E-state index in [9.17, 15) is 0 Å². The molecule has 0 spiro atoms. The van der Waals surface area contributed by atoms with Gasteiger partial charge in [-0.05, 0) is 13.1 Å². The van der Waals surface area contributed by atoms with Gasteiger partial charge in [-0.25, -0.2) is 4.98 Å². The molecule has 16 heavy (non-hydrogen) atoms. The average molecular weight is 259 g/mol. The zero-order valence-corrected chi connectivity index (χ0v) is 11.0. The molecule has 0 radical (unpaired) electrons. The van der Waals surface area contributed by atoms with Crippen molar-refractivity contribution in [3.8, 4) is 6.07 Å². The summed E-state index contributed by atoms with van der Waals surface area (Å²) in [7, 11) is 0. The third kappa shape index (κ3) is 3.63. The van der Waals surface area contributed by atoms with Crippen molar-refractivity contribution in [2.45, 2.75) is 13.8 Å². The lowest BCUT2D eigenvalue weighted by Gasteiger charge is -2.17. The van der Waals surface area contributed by atoms with Crippen LogP contribution in [0.25, 0.3) is 0 Å². The standard InChI is InChI=1S/C10H15ClN4S/c1-3-15(4-2)6-5-13-10-14-9(11)8(7-12)16-10/h3-6H2,1-2H3,(H,13,14). The molecule has 0 aliphatic heterocycles. The first-order valence-corrected chi connectivity index (χ1v) is 6.43. The van der Waals surface area contributed by atoms with E-state index >= 15 is 0 Å². The van der Waals surface area contributed by atoms with E-state index in [0.29, 0.717) is 10.0 Å². The fourth-order valence-electron chi connectivity index (χ4n) is 1.31. The number of halogens is 1. The van der Waals surface area contributed by atoms with Gasteiger partial charge in [-0.15, -0.1) is 0 Å². The lowest BCUT2D eigenvalue weighted by molar-refractivity contribution is 0.316. The third-order valence-corrected chi connectivity index (χ3v) is 3.59. The summed E-state index contributed by atoms with van der Waals surface area (Å²) in [6.45, 7) is 8.14. The second-order valence-electron chi connectivity index (χ2n) is 3.20. The van der Waals surface area contributed by atoms with Gasteiger partial charge in [0, 0.05) is 13.1 Å². The second-order valence-corrected chi connectivity index (χ2v) is 4.56. The fraction of sp³-hybridized carbons (Fsp3) is 0.600. The maximum absolute atomic E-state index is 8.72. The van der Waals surface area contributed by atoms with Crippen molar-refractivity contribution in [1.29, 1.82) is 5.26 Å². The smallest absolute Gasteiger partial charge is 0.185 e. The number of hydrogen-bond acceptors (Lipinski definition) is 5. The highest BCUT2D eigenvalue weighted by Crippen LogP contribution is 2.25. The van der Waals surface area contributed by atoms with Crippen LogP contribution in [-0.4, -0.2) is 36.1 Å². The number of hydrogen-bond donors (Lipinski definition) is 1. The fourth-order valence-corrected chi connectivity index (χ4v) is 2.28. The molecule has 1 heterocycles. The van der Waals surface area contributed by atoms with Crippen LogP contribution >= 0.6 is 22.9 Å². The van der Waals surface area contributed by atoms with Crippen LogP contribution in [-0.2, 0) is 0 Å². The molecule has 88 valence electrons. The van der Waals surface area contributed by atoms with Crippen LogP contribution in [0.5, 0.6) is 0 Å². The second kappa shape index (κ2) is 6.69. The molecule has 0 saturated carbocycles. The van der Waals surface area contributed by atoms with Gasteiger partial charge >= 0.3 is 0 Å². The first-order chi connectivity index (χ1) is 7.71. The van der Waals surface area contributed by atoms with Gasteiger partial charge in [-0.2, -0.15) is 5.26 Å². The van der Waals surface area contributed by atoms with E-state index in [-0.39, 0.29) is 5.15 Å². The van der Waals surface area contributed by atoms with Crippen molar-refractivity contribution >= 4 is 28.1 Å². The molecule has 0 amide bonds. The van der Waals surface area contributed by atoms with E-state index in [1.54, 1.807) is 0 Å². The Bertz CT molecular complexity index is 367. The summed E-state index contributed by atoms with van der Waals surface area (Å²) in [5.74, 6) is 0. The number of nitrogens with one attached hydrogen (secondary N) is 1. The minimum Gasteiger partial charge on any atom is -0.360 e. The third-order valence-electron chi connectivity index (χ3n) is 2.29. The molecule has 1 rings (SSSR count). The number of likely N-dealkylation sites (N-methyl/N-ethyl adjacent to an activating group) is 1. The number of rotatable bonds is 6. The molecular formula is C10H15ClN4S. The molecule has 0 bridgehead atoms. The molecule has 6 heteroatoms. The number of nitriles is 1. The van der Waals surface area contributed by atoms with Crippen molar-refractivity contribution in [2.24, 2.45) is 0 Å². The van der Waals surface area contributed by atoms with Crippen molar-refractivity contribution < 1.29 is 0 Å². The summed E-state index contributed by atoms with van der Waals surface area (Å²) in [5, 5.41) is 12.9. The summed E-state index contributed by atoms with van der Waals surface area (Å²) < 4.78 is 0. The summed E-state index contributed by atoms with van der Waals surface area (Å²) in [5.41, 5.74) is 0. The predicted octanol–water partition coefficient (Wildman–Crippen LogP) is 2.42. The summed E-state index contributed by atoms with van der Waals surface area (Å²) in [4.78, 5) is 6.84. The molecular weight excluding hydrogens is 244 g/mol. The van der Waals surface area contributed by atoms with Crippen molar-refractivity contribution in [3.05, 3.63) is 10.0 Å². The molecule has 4 nitrogen and oxygen atoms in total. The van der Waals surface area contributed by atoms with Crippen LogP contribution in [0, 0.1) is 11.3 Å². The SMILES string of the molecule is CCN(CC)CCNc1nc(Cl)c(C#N)s1. The Balaban J connectivity index is 2.40. The lowest BCUT2D eigenvalue weighted by Crippen LogP contribution is -2.28. The first kappa shape index (κ1) is 13.2. The quantitative estimate of drug-likeness (QED) is 0.852. The number of aromatic nitrogens is 1. The van der Waals surface area contributed by atoms with E-state index in [2.05, 4.69) is 29.0 Å². The Morgan fingerprint density at radius 3 is 2.69 bits per heavy atom. The average Bonchev–Trinajstić information content (AvgIpc) is 2.65. The van der Waals surface area contributed by atoms with Crippen LogP contribution in [0.3, 0.4) is 0 Å². The molecule has 1 aromatic heterocycles. The maximum atomic E-state index is 8.72. The highest BCUT2D eigenvalue weighted by molar-refractivity contribution is 7.16. The summed E-state index contributed by atoms with van der Waals surface area (Å²) in [6, 6.07) is 2.01. The van der Waals surface area contributed by atoms with Crippen LogP contribution in [0.4, 0.5) is 5.13 Å². The molecule has 0 aliphatic carbocycles. The Kier molecular flexibility index (Phi) is 5.53. The van der Waals surface area contributed by atoms with Gasteiger partial charge < -0.3 is 10.2 Å². The lowest BCUT2D eigenvalue weighted by atomic mass is 10.5. The van der Waals surface area contributed by atoms with Gasteiger partial charge in [-0.1, -0.05) is 36.8 Å². The van der Waals surface area contributed by atoms with E-state index in [1.165, 1.54) is 11.3 Å². The van der Waals surface area contributed by atoms with Crippen LogP contribution in [0.2, 0.25) is 5.15 Å². The van der Waals surface area contributed by atoms with Gasteiger partial charge in [0.1, 0.15) is 10.9 Å². The Labute approximate surface area is 105 Å². The molecule has 1 N–H and O–H groups in total. The van der Waals surface area contributed by atoms with E-state index in [1.807, 2.05) is 6.07 Å². The number of anilines is 1. The Morgan fingerprint density at radius 1 is 1.50 bits per heavy atom. The number of thiazole rings is 1. The highest BCUT2D eigenvalue weighted by atomic mass is 35.5. The van der Waals surface area contributed by atoms with Gasteiger partial charge in [0.25, 0.3) is 0 Å². The molecule has 0 saturated heterocycles. The van der Waals surface area contributed by atoms with Crippen LogP contribution in [0.1, 0.15) is 18.7 Å². The normalized spacial score (nSPS) is 10.4. The Morgan fingerprint density at radius 2 is 2.19 bits per heavy atom.